The second-order valence-electron chi connectivity index (χ2n) is 8.98. The van der Waals surface area contributed by atoms with Crippen molar-refractivity contribution in [1.82, 2.24) is 9.73 Å². The van der Waals surface area contributed by atoms with Gasteiger partial charge in [-0.2, -0.15) is 9.41 Å². The van der Waals surface area contributed by atoms with Gasteiger partial charge in [-0.1, -0.05) is 37.0 Å². The van der Waals surface area contributed by atoms with Crippen LogP contribution < -0.4 is 14.9 Å². The quantitative estimate of drug-likeness (QED) is 0.475. The molecular weight excluding hydrogens is 454 g/mol. The third-order valence-electron chi connectivity index (χ3n) is 6.25. The van der Waals surface area contributed by atoms with E-state index in [2.05, 4.69) is 10.5 Å². The van der Waals surface area contributed by atoms with Gasteiger partial charge in [0.2, 0.25) is 16.8 Å². The number of ether oxygens (including phenoxy) is 2. The molecule has 8 nitrogen and oxygen atoms in total. The highest BCUT2D eigenvalue weighted by Crippen LogP contribution is 2.32. The van der Waals surface area contributed by atoms with Crippen LogP contribution in [0.2, 0.25) is 0 Å². The maximum atomic E-state index is 13.8. The van der Waals surface area contributed by atoms with Crippen molar-refractivity contribution in [3.63, 3.8) is 0 Å². The Balaban J connectivity index is 1.52. The van der Waals surface area contributed by atoms with Crippen molar-refractivity contribution in [1.29, 1.82) is 0 Å². The first-order valence-corrected chi connectivity index (χ1v) is 13.0. The fraction of sp³-hybridized carbons (Fsp3) is 0.440. The maximum absolute atomic E-state index is 13.8. The molecule has 0 radical (unpaired) electrons. The summed E-state index contributed by atoms with van der Waals surface area (Å²) in [5.41, 5.74) is 5.61. The van der Waals surface area contributed by atoms with Gasteiger partial charge >= 0.3 is 0 Å². The maximum Gasteiger partial charge on any atom is 0.255 e. The number of hydrogen-bond donors (Lipinski definition) is 1. The molecule has 2 aromatic carbocycles. The van der Waals surface area contributed by atoms with E-state index in [9.17, 15) is 13.2 Å². The van der Waals surface area contributed by atoms with Crippen molar-refractivity contribution in [2.45, 2.75) is 63.8 Å². The molecular formula is C25H31N3O5S. The molecule has 0 atom stereocenters. The molecule has 1 heterocycles. The van der Waals surface area contributed by atoms with E-state index in [4.69, 9.17) is 9.47 Å². The monoisotopic (exact) mass is 485 g/mol. The number of carbonyl (C=O) groups excluding carboxylic acids is 1. The molecule has 1 aliphatic heterocycles. The predicted octanol–water partition coefficient (Wildman–Crippen LogP) is 3.81. The van der Waals surface area contributed by atoms with E-state index < -0.39 is 15.9 Å². The average Bonchev–Trinajstić information content (AvgIpc) is 3.25. The van der Waals surface area contributed by atoms with E-state index in [0.717, 1.165) is 43.2 Å². The van der Waals surface area contributed by atoms with Crippen molar-refractivity contribution < 1.29 is 22.7 Å². The number of hydrogen-bond acceptors (Lipinski definition) is 6. The first kappa shape index (κ1) is 24.2. The van der Waals surface area contributed by atoms with Crippen molar-refractivity contribution in [2.24, 2.45) is 5.10 Å². The first-order chi connectivity index (χ1) is 16.3. The standard InChI is InChI=1S/C25H31N3O5S/c1-17-11-18(2)25(19(3)12-17)34(30,31)28(21-7-5-4-6-8-21)15-24(29)27-26-14-20-9-10-22-23(13-20)33-16-32-22/h9-14,21H,4-8,15-16H2,1-3H3,(H,27,29)/b26-14+. The number of sulfonamides is 1. The van der Waals surface area contributed by atoms with E-state index >= 15 is 0 Å². The number of carbonyl (C=O) groups is 1. The van der Waals surface area contributed by atoms with Crippen LogP contribution >= 0.6 is 0 Å². The summed E-state index contributed by atoms with van der Waals surface area (Å²) in [4.78, 5) is 13.1. The van der Waals surface area contributed by atoms with Crippen molar-refractivity contribution in [2.75, 3.05) is 13.3 Å². The second-order valence-corrected chi connectivity index (χ2v) is 10.8. The van der Waals surface area contributed by atoms with Gasteiger partial charge in [-0.3, -0.25) is 4.79 Å². The molecule has 1 N–H and O–H groups in total. The molecule has 0 saturated heterocycles. The normalized spacial score (nSPS) is 16.4. The number of amides is 1. The highest BCUT2D eigenvalue weighted by atomic mass is 32.2. The highest BCUT2D eigenvalue weighted by Gasteiger charge is 2.35. The minimum atomic E-state index is -3.87. The van der Waals surface area contributed by atoms with Crippen LogP contribution in [0.5, 0.6) is 11.5 Å². The van der Waals surface area contributed by atoms with Gasteiger partial charge in [-0.15, -0.1) is 0 Å². The lowest BCUT2D eigenvalue weighted by molar-refractivity contribution is -0.121. The van der Waals surface area contributed by atoms with Crippen molar-refractivity contribution in [3.8, 4) is 11.5 Å². The molecule has 0 spiro atoms. The minimum absolute atomic E-state index is 0.179. The lowest BCUT2D eigenvalue weighted by atomic mass is 9.95. The number of nitrogens with one attached hydrogen (secondary N) is 1. The Bertz CT molecular complexity index is 1180. The zero-order valence-electron chi connectivity index (χ0n) is 19.8. The Morgan fingerprint density at radius 2 is 1.74 bits per heavy atom. The van der Waals surface area contributed by atoms with Crippen LogP contribution in [0.25, 0.3) is 0 Å². The average molecular weight is 486 g/mol. The van der Waals surface area contributed by atoms with Crippen LogP contribution in [0.3, 0.4) is 0 Å². The van der Waals surface area contributed by atoms with Crippen LogP contribution in [0.4, 0.5) is 0 Å². The zero-order valence-corrected chi connectivity index (χ0v) is 20.7. The summed E-state index contributed by atoms with van der Waals surface area (Å²) in [7, 11) is -3.87. The molecule has 0 unspecified atom stereocenters. The largest absolute Gasteiger partial charge is 0.454 e. The molecule has 2 aliphatic rings. The van der Waals surface area contributed by atoms with Gasteiger partial charge in [0.1, 0.15) is 0 Å². The van der Waals surface area contributed by atoms with Gasteiger partial charge < -0.3 is 9.47 Å². The number of fused-ring (bicyclic) bond motifs is 1. The SMILES string of the molecule is Cc1cc(C)c(S(=O)(=O)N(CC(=O)N/N=C/c2ccc3c(c2)OCO3)C2CCCCC2)c(C)c1. The summed E-state index contributed by atoms with van der Waals surface area (Å²) in [6.07, 6.45) is 5.97. The molecule has 2 aromatic rings. The van der Waals surface area contributed by atoms with E-state index in [0.29, 0.717) is 27.5 Å². The van der Waals surface area contributed by atoms with Gasteiger partial charge in [0.15, 0.2) is 11.5 Å². The topological polar surface area (TPSA) is 97.3 Å². The smallest absolute Gasteiger partial charge is 0.255 e. The molecule has 182 valence electrons. The predicted molar refractivity (Wildman–Crippen MR) is 130 cm³/mol. The summed E-state index contributed by atoms with van der Waals surface area (Å²) < 4.78 is 39.6. The van der Waals surface area contributed by atoms with Crippen molar-refractivity contribution >= 4 is 22.1 Å². The Hall–Kier alpha value is -2.91. The van der Waals surface area contributed by atoms with Crippen LogP contribution in [0, 0.1) is 20.8 Å². The lowest BCUT2D eigenvalue weighted by Gasteiger charge is -2.33. The molecule has 1 aliphatic carbocycles. The van der Waals surface area contributed by atoms with E-state index in [1.165, 1.54) is 10.5 Å². The fourth-order valence-corrected chi connectivity index (χ4v) is 6.88. The van der Waals surface area contributed by atoms with Gasteiger partial charge in [0.05, 0.1) is 17.7 Å². The van der Waals surface area contributed by atoms with Crippen molar-refractivity contribution in [3.05, 3.63) is 52.6 Å². The van der Waals surface area contributed by atoms with Gasteiger partial charge in [0.25, 0.3) is 5.91 Å². The van der Waals surface area contributed by atoms with Gasteiger partial charge in [-0.25, -0.2) is 13.8 Å². The highest BCUT2D eigenvalue weighted by molar-refractivity contribution is 7.89. The fourth-order valence-electron chi connectivity index (χ4n) is 4.82. The molecule has 1 amide bonds. The van der Waals surface area contributed by atoms with E-state index in [1.807, 2.05) is 32.9 Å². The lowest BCUT2D eigenvalue weighted by Crippen LogP contribution is -2.46. The van der Waals surface area contributed by atoms with E-state index in [1.54, 1.807) is 18.2 Å². The first-order valence-electron chi connectivity index (χ1n) is 11.6. The minimum Gasteiger partial charge on any atom is -0.454 e. The van der Waals surface area contributed by atoms with Gasteiger partial charge in [-0.05, 0) is 68.5 Å². The van der Waals surface area contributed by atoms with E-state index in [-0.39, 0.29) is 19.4 Å². The molecule has 1 saturated carbocycles. The Kier molecular flexibility index (Phi) is 7.23. The second kappa shape index (κ2) is 10.1. The third kappa shape index (κ3) is 5.26. The molecule has 4 rings (SSSR count). The molecule has 34 heavy (non-hydrogen) atoms. The summed E-state index contributed by atoms with van der Waals surface area (Å²) in [6, 6.07) is 8.87. The third-order valence-corrected chi connectivity index (χ3v) is 8.46. The molecule has 1 fully saturated rings. The number of hydrazone groups is 1. The number of aryl methyl sites for hydroxylation is 3. The number of benzene rings is 2. The van der Waals surface area contributed by atoms with Crippen LogP contribution in [0.1, 0.15) is 54.4 Å². The Morgan fingerprint density at radius 3 is 2.44 bits per heavy atom. The molecule has 0 bridgehead atoms. The summed E-state index contributed by atoms with van der Waals surface area (Å²) >= 11 is 0. The van der Waals surface area contributed by atoms with Gasteiger partial charge in [0, 0.05) is 6.04 Å². The number of nitrogens with zero attached hydrogens (tertiary/aromatic N) is 2. The Labute approximate surface area is 201 Å². The number of rotatable bonds is 7. The Morgan fingerprint density at radius 1 is 1.06 bits per heavy atom. The summed E-state index contributed by atoms with van der Waals surface area (Å²) in [5, 5.41) is 4.02. The van der Waals surface area contributed by atoms with Crippen LogP contribution in [0.15, 0.2) is 40.3 Å². The van der Waals surface area contributed by atoms with Crippen LogP contribution in [-0.2, 0) is 14.8 Å². The molecule has 9 heteroatoms. The summed E-state index contributed by atoms with van der Waals surface area (Å²) in [6.45, 7) is 5.46. The van der Waals surface area contributed by atoms with Crippen LogP contribution in [-0.4, -0.2) is 44.2 Å². The molecule has 0 aromatic heterocycles. The summed E-state index contributed by atoms with van der Waals surface area (Å²) in [5.74, 6) is 0.804. The zero-order chi connectivity index (χ0) is 24.3.